The van der Waals surface area contributed by atoms with Crippen molar-refractivity contribution in [1.82, 2.24) is 0 Å². The van der Waals surface area contributed by atoms with Crippen LogP contribution in [-0.4, -0.2) is 11.1 Å². The summed E-state index contributed by atoms with van der Waals surface area (Å²) in [6.07, 6.45) is 0. The van der Waals surface area contributed by atoms with Gasteiger partial charge >= 0.3 is 6.03 Å². The highest BCUT2D eigenvalue weighted by atomic mass is 35.5. The molecule has 0 atom stereocenters. The zero-order chi connectivity index (χ0) is 14.7. The molecule has 20 heavy (non-hydrogen) atoms. The minimum atomic E-state index is -0.698. The molecule has 0 spiro atoms. The monoisotopic (exact) mass is 294 g/mol. The molecule has 0 aliphatic heterocycles. The summed E-state index contributed by atoms with van der Waals surface area (Å²) in [6.45, 7) is 1.81. The van der Waals surface area contributed by atoms with Crippen molar-refractivity contribution in [3.8, 4) is 5.75 Å². The number of hydrogen-bond acceptors (Lipinski definition) is 2. The molecule has 0 unspecified atom stereocenters. The van der Waals surface area contributed by atoms with Gasteiger partial charge in [-0.25, -0.2) is 9.18 Å². The van der Waals surface area contributed by atoms with E-state index in [0.717, 1.165) is 5.56 Å². The maximum Gasteiger partial charge on any atom is 0.323 e. The van der Waals surface area contributed by atoms with Crippen LogP contribution in [-0.2, 0) is 0 Å². The summed E-state index contributed by atoms with van der Waals surface area (Å²) in [6, 6.07) is 8.17. The number of phenols is 1. The van der Waals surface area contributed by atoms with Crippen LogP contribution >= 0.6 is 11.6 Å². The molecule has 6 heteroatoms. The number of nitrogens with one attached hydrogen (secondary N) is 2. The van der Waals surface area contributed by atoms with Crippen LogP contribution in [0, 0.1) is 12.7 Å². The largest absolute Gasteiger partial charge is 0.506 e. The molecule has 2 amide bonds. The molecule has 2 aromatic rings. The van der Waals surface area contributed by atoms with Crippen LogP contribution in [0.2, 0.25) is 5.02 Å². The SMILES string of the molecule is Cc1ccc(NC(=O)Nc2c(F)cccc2Cl)c(O)c1. The number of aryl methyl sites for hydroxylation is 1. The Morgan fingerprint density at radius 2 is 2.00 bits per heavy atom. The molecule has 104 valence electrons. The number of carbonyl (C=O) groups excluding carboxylic acids is 1. The number of phenolic OH excluding ortho intramolecular Hbond substituents is 1. The van der Waals surface area contributed by atoms with E-state index in [4.69, 9.17) is 11.6 Å². The Balaban J connectivity index is 2.13. The van der Waals surface area contributed by atoms with Gasteiger partial charge in [-0.15, -0.1) is 0 Å². The number of halogens is 2. The van der Waals surface area contributed by atoms with Gasteiger partial charge in [-0.05, 0) is 36.8 Å². The summed E-state index contributed by atoms with van der Waals surface area (Å²) in [4.78, 5) is 11.8. The van der Waals surface area contributed by atoms with Gasteiger partial charge in [-0.2, -0.15) is 0 Å². The van der Waals surface area contributed by atoms with Crippen LogP contribution in [0.15, 0.2) is 36.4 Å². The van der Waals surface area contributed by atoms with Gasteiger partial charge in [-0.1, -0.05) is 23.7 Å². The molecule has 3 N–H and O–H groups in total. The summed E-state index contributed by atoms with van der Waals surface area (Å²) in [5, 5.41) is 14.5. The lowest BCUT2D eigenvalue weighted by atomic mass is 10.2. The van der Waals surface area contributed by atoms with Crippen LogP contribution in [0.25, 0.3) is 0 Å². The van der Waals surface area contributed by atoms with Crippen LogP contribution in [0.3, 0.4) is 0 Å². The second kappa shape index (κ2) is 5.79. The lowest BCUT2D eigenvalue weighted by Crippen LogP contribution is -2.20. The van der Waals surface area contributed by atoms with Gasteiger partial charge in [0.15, 0.2) is 0 Å². The lowest BCUT2D eigenvalue weighted by Gasteiger charge is -2.11. The van der Waals surface area contributed by atoms with E-state index >= 15 is 0 Å². The number of benzene rings is 2. The lowest BCUT2D eigenvalue weighted by molar-refractivity contribution is 0.262. The number of rotatable bonds is 2. The number of amides is 2. The first kappa shape index (κ1) is 14.1. The Morgan fingerprint density at radius 3 is 2.65 bits per heavy atom. The van der Waals surface area contributed by atoms with Crippen molar-refractivity contribution < 1.29 is 14.3 Å². The minimum Gasteiger partial charge on any atom is -0.506 e. The van der Waals surface area contributed by atoms with E-state index in [-0.39, 0.29) is 22.1 Å². The van der Waals surface area contributed by atoms with Crippen LogP contribution in [0.4, 0.5) is 20.6 Å². The number of para-hydroxylation sites is 1. The third-order valence-corrected chi connectivity index (χ3v) is 2.92. The highest BCUT2D eigenvalue weighted by molar-refractivity contribution is 6.33. The van der Waals surface area contributed by atoms with Gasteiger partial charge in [0, 0.05) is 0 Å². The van der Waals surface area contributed by atoms with Gasteiger partial charge in [-0.3, -0.25) is 0 Å². The molecule has 0 radical (unpaired) electrons. The molecule has 0 heterocycles. The Hall–Kier alpha value is -2.27. The predicted octanol–water partition coefficient (Wildman–Crippen LogP) is 4.14. The van der Waals surface area contributed by atoms with E-state index in [2.05, 4.69) is 10.6 Å². The maximum absolute atomic E-state index is 13.5. The van der Waals surface area contributed by atoms with Crippen molar-refractivity contribution in [3.63, 3.8) is 0 Å². The third kappa shape index (κ3) is 3.19. The van der Waals surface area contributed by atoms with E-state index in [1.54, 1.807) is 12.1 Å². The highest BCUT2D eigenvalue weighted by Crippen LogP contribution is 2.26. The summed E-state index contributed by atoms with van der Waals surface area (Å²) in [5.41, 5.74) is 0.962. The molecule has 2 rings (SSSR count). The second-order valence-electron chi connectivity index (χ2n) is 4.20. The highest BCUT2D eigenvalue weighted by Gasteiger charge is 2.12. The Morgan fingerprint density at radius 1 is 1.25 bits per heavy atom. The number of anilines is 2. The van der Waals surface area contributed by atoms with Gasteiger partial charge in [0.05, 0.1) is 16.4 Å². The van der Waals surface area contributed by atoms with E-state index < -0.39 is 11.8 Å². The molecule has 2 aromatic carbocycles. The molecule has 4 nitrogen and oxygen atoms in total. The summed E-state index contributed by atoms with van der Waals surface area (Å²) >= 11 is 5.80. The molecule has 0 saturated carbocycles. The molecule has 0 fully saturated rings. The molecular weight excluding hydrogens is 283 g/mol. The molecule has 0 aliphatic carbocycles. The number of urea groups is 1. The molecular formula is C14H12ClFN2O2. The summed E-state index contributed by atoms with van der Waals surface area (Å²) in [5.74, 6) is -0.708. The van der Waals surface area contributed by atoms with Crippen LogP contribution in [0.1, 0.15) is 5.56 Å². The Kier molecular flexibility index (Phi) is 4.10. The fourth-order valence-electron chi connectivity index (χ4n) is 1.63. The second-order valence-corrected chi connectivity index (χ2v) is 4.60. The van der Waals surface area contributed by atoms with Crippen molar-refractivity contribution >= 4 is 29.0 Å². The maximum atomic E-state index is 13.5. The van der Waals surface area contributed by atoms with Gasteiger partial charge in [0.25, 0.3) is 0 Å². The van der Waals surface area contributed by atoms with E-state index in [1.165, 1.54) is 24.3 Å². The third-order valence-electron chi connectivity index (χ3n) is 2.60. The zero-order valence-electron chi connectivity index (χ0n) is 10.6. The first-order valence-corrected chi connectivity index (χ1v) is 6.17. The first-order valence-electron chi connectivity index (χ1n) is 5.79. The van der Waals surface area contributed by atoms with Crippen molar-refractivity contribution in [1.29, 1.82) is 0 Å². The van der Waals surface area contributed by atoms with Gasteiger partial charge in [0.2, 0.25) is 0 Å². The number of carbonyl (C=O) groups is 1. The van der Waals surface area contributed by atoms with E-state index in [1.807, 2.05) is 6.92 Å². The molecule has 0 saturated heterocycles. The molecule has 0 aromatic heterocycles. The van der Waals surface area contributed by atoms with Crippen molar-refractivity contribution in [3.05, 3.63) is 52.8 Å². The first-order chi connectivity index (χ1) is 9.47. The van der Waals surface area contributed by atoms with E-state index in [0.29, 0.717) is 0 Å². The quantitative estimate of drug-likeness (QED) is 0.729. The summed E-state index contributed by atoms with van der Waals surface area (Å²) < 4.78 is 13.5. The topological polar surface area (TPSA) is 61.4 Å². The minimum absolute atomic E-state index is 0.0696. The fraction of sp³-hybridized carbons (Fsp3) is 0.0714. The smallest absolute Gasteiger partial charge is 0.323 e. The van der Waals surface area contributed by atoms with Gasteiger partial charge < -0.3 is 15.7 Å². The number of aromatic hydroxyl groups is 1. The predicted molar refractivity (Wildman–Crippen MR) is 76.9 cm³/mol. The Labute approximate surface area is 120 Å². The van der Waals surface area contributed by atoms with Crippen molar-refractivity contribution in [2.75, 3.05) is 10.6 Å². The Bertz CT molecular complexity index is 641. The number of hydrogen-bond donors (Lipinski definition) is 3. The summed E-state index contributed by atoms with van der Waals surface area (Å²) in [7, 11) is 0. The van der Waals surface area contributed by atoms with Gasteiger partial charge in [0.1, 0.15) is 11.6 Å². The molecule has 0 bridgehead atoms. The average Bonchev–Trinajstić information content (AvgIpc) is 2.37. The van der Waals surface area contributed by atoms with Crippen LogP contribution < -0.4 is 10.6 Å². The normalized spacial score (nSPS) is 10.2. The van der Waals surface area contributed by atoms with Crippen molar-refractivity contribution in [2.24, 2.45) is 0 Å². The standard InChI is InChI=1S/C14H12ClFN2O2/c1-8-5-6-11(12(19)7-8)17-14(20)18-13-9(15)3-2-4-10(13)16/h2-7,19H,1H3,(H2,17,18,20). The average molecular weight is 295 g/mol. The fourth-order valence-corrected chi connectivity index (χ4v) is 1.84. The molecule has 0 aliphatic rings. The van der Waals surface area contributed by atoms with E-state index in [9.17, 15) is 14.3 Å². The van der Waals surface area contributed by atoms with Crippen molar-refractivity contribution in [2.45, 2.75) is 6.92 Å². The zero-order valence-corrected chi connectivity index (χ0v) is 11.3. The van der Waals surface area contributed by atoms with Crippen LogP contribution in [0.5, 0.6) is 5.75 Å².